The van der Waals surface area contributed by atoms with Gasteiger partial charge in [-0.3, -0.25) is 0 Å². The van der Waals surface area contributed by atoms with E-state index in [4.69, 9.17) is 4.74 Å². The van der Waals surface area contributed by atoms with Crippen LogP contribution in [0.3, 0.4) is 0 Å². The minimum atomic E-state index is -0.379. The minimum absolute atomic E-state index is 0.343. The van der Waals surface area contributed by atoms with Gasteiger partial charge in [0.25, 0.3) is 0 Å². The quantitative estimate of drug-likeness (QED) is 0.799. The summed E-state index contributed by atoms with van der Waals surface area (Å²) in [7, 11) is 0. The van der Waals surface area contributed by atoms with Gasteiger partial charge in [0, 0.05) is 17.7 Å². The normalized spacial score (nSPS) is 14.1. The Morgan fingerprint density at radius 3 is 2.70 bits per heavy atom. The highest BCUT2D eigenvalue weighted by atomic mass is 16.5. The molecule has 0 saturated heterocycles. The van der Waals surface area contributed by atoms with Crippen LogP contribution in [-0.2, 0) is 4.74 Å². The van der Waals surface area contributed by atoms with E-state index in [9.17, 15) is 4.79 Å². The van der Waals surface area contributed by atoms with Crippen LogP contribution in [0.2, 0.25) is 0 Å². The highest BCUT2D eigenvalue weighted by Gasteiger charge is 2.28. The van der Waals surface area contributed by atoms with Gasteiger partial charge in [-0.25, -0.2) is 14.8 Å². The summed E-state index contributed by atoms with van der Waals surface area (Å²) in [6.07, 6.45) is 3.95. The maximum absolute atomic E-state index is 12.1. The molecule has 1 aliphatic carbocycles. The Balaban J connectivity index is 2.05. The fraction of sp³-hybridized carbons (Fsp3) is 0.312. The zero-order chi connectivity index (χ0) is 13.9. The summed E-state index contributed by atoms with van der Waals surface area (Å²) in [4.78, 5) is 21.0. The lowest BCUT2D eigenvalue weighted by Gasteiger charge is -2.09. The zero-order valence-corrected chi connectivity index (χ0v) is 11.4. The Kier molecular flexibility index (Phi) is 3.46. The lowest BCUT2D eigenvalue weighted by molar-refractivity contribution is 0.0520. The van der Waals surface area contributed by atoms with Gasteiger partial charge < -0.3 is 4.74 Å². The van der Waals surface area contributed by atoms with Crippen LogP contribution in [-0.4, -0.2) is 22.5 Å². The summed E-state index contributed by atoms with van der Waals surface area (Å²) in [5.74, 6) is 0.788. The molecular weight excluding hydrogens is 252 g/mol. The van der Waals surface area contributed by atoms with E-state index in [0.717, 1.165) is 29.8 Å². The van der Waals surface area contributed by atoms with E-state index in [1.54, 1.807) is 13.1 Å². The van der Waals surface area contributed by atoms with Gasteiger partial charge in [0.05, 0.1) is 6.61 Å². The van der Waals surface area contributed by atoms with E-state index in [1.807, 2.05) is 30.3 Å². The van der Waals surface area contributed by atoms with Crippen LogP contribution in [0.1, 0.15) is 42.0 Å². The van der Waals surface area contributed by atoms with E-state index in [0.29, 0.717) is 18.2 Å². The molecule has 20 heavy (non-hydrogen) atoms. The first-order chi connectivity index (χ1) is 9.79. The second kappa shape index (κ2) is 5.41. The third kappa shape index (κ3) is 2.54. The van der Waals surface area contributed by atoms with Crippen LogP contribution < -0.4 is 0 Å². The highest BCUT2D eigenvalue weighted by molar-refractivity contribution is 5.95. The molecule has 3 rings (SSSR count). The standard InChI is InChI=1S/C16H16N2O2/c1-2-20-16(19)14-13(11-6-4-3-5-7-11)10-17-15(18-14)12-8-9-12/h3-7,10,12H,2,8-9H2,1H3. The molecule has 4 nitrogen and oxygen atoms in total. The molecule has 0 unspecified atom stereocenters. The second-order valence-corrected chi connectivity index (χ2v) is 4.85. The van der Waals surface area contributed by atoms with Crippen molar-refractivity contribution in [3.8, 4) is 11.1 Å². The minimum Gasteiger partial charge on any atom is -0.461 e. The number of hydrogen-bond acceptors (Lipinski definition) is 4. The summed E-state index contributed by atoms with van der Waals surface area (Å²) in [5, 5.41) is 0. The summed E-state index contributed by atoms with van der Waals surface area (Å²) in [5.41, 5.74) is 2.03. The van der Waals surface area contributed by atoms with Gasteiger partial charge in [0.1, 0.15) is 5.82 Å². The fourth-order valence-corrected chi connectivity index (χ4v) is 2.12. The highest BCUT2D eigenvalue weighted by Crippen LogP contribution is 2.38. The van der Waals surface area contributed by atoms with Crippen molar-refractivity contribution in [3.63, 3.8) is 0 Å². The number of carbonyl (C=O) groups excluding carboxylic acids is 1. The third-order valence-electron chi connectivity index (χ3n) is 3.30. The van der Waals surface area contributed by atoms with Gasteiger partial charge in [0.15, 0.2) is 5.69 Å². The maximum Gasteiger partial charge on any atom is 0.357 e. The van der Waals surface area contributed by atoms with E-state index in [1.165, 1.54) is 0 Å². The summed E-state index contributed by atoms with van der Waals surface area (Å²) >= 11 is 0. The molecule has 1 aromatic heterocycles. The van der Waals surface area contributed by atoms with Gasteiger partial charge in [-0.1, -0.05) is 30.3 Å². The number of esters is 1. The lowest BCUT2D eigenvalue weighted by atomic mass is 10.1. The number of carbonyl (C=O) groups is 1. The number of ether oxygens (including phenoxy) is 1. The summed E-state index contributed by atoms with van der Waals surface area (Å²) in [6, 6.07) is 9.68. The first-order valence-corrected chi connectivity index (χ1v) is 6.89. The van der Waals surface area contributed by atoms with Gasteiger partial charge in [-0.15, -0.1) is 0 Å². The van der Waals surface area contributed by atoms with Crippen LogP contribution in [0, 0.1) is 0 Å². The SMILES string of the molecule is CCOC(=O)c1nc(C2CC2)ncc1-c1ccccc1. The first kappa shape index (κ1) is 12.8. The van der Waals surface area contributed by atoms with Crippen molar-refractivity contribution in [1.82, 2.24) is 9.97 Å². The molecule has 0 radical (unpaired) electrons. The molecule has 1 aliphatic rings. The molecule has 0 atom stereocenters. The number of rotatable bonds is 4. The Hall–Kier alpha value is -2.23. The van der Waals surface area contributed by atoms with Crippen LogP contribution in [0.15, 0.2) is 36.5 Å². The van der Waals surface area contributed by atoms with E-state index >= 15 is 0 Å². The molecule has 102 valence electrons. The lowest BCUT2D eigenvalue weighted by Crippen LogP contribution is -2.11. The molecule has 4 heteroatoms. The molecule has 1 aromatic carbocycles. The largest absolute Gasteiger partial charge is 0.461 e. The molecule has 1 saturated carbocycles. The van der Waals surface area contributed by atoms with Crippen molar-refractivity contribution in [3.05, 3.63) is 48.0 Å². The second-order valence-electron chi connectivity index (χ2n) is 4.85. The van der Waals surface area contributed by atoms with Crippen molar-refractivity contribution < 1.29 is 9.53 Å². The molecule has 0 spiro atoms. The average molecular weight is 268 g/mol. The number of nitrogens with zero attached hydrogens (tertiary/aromatic N) is 2. The molecule has 1 fully saturated rings. The van der Waals surface area contributed by atoms with E-state index in [2.05, 4.69) is 9.97 Å². The Bertz CT molecular complexity index is 622. The molecule has 0 bridgehead atoms. The number of benzene rings is 1. The van der Waals surface area contributed by atoms with Crippen LogP contribution in [0.4, 0.5) is 0 Å². The van der Waals surface area contributed by atoms with Crippen molar-refractivity contribution in [1.29, 1.82) is 0 Å². The molecule has 0 aliphatic heterocycles. The summed E-state index contributed by atoms with van der Waals surface area (Å²) < 4.78 is 5.12. The molecule has 2 aromatic rings. The maximum atomic E-state index is 12.1. The van der Waals surface area contributed by atoms with Crippen LogP contribution >= 0.6 is 0 Å². The number of hydrogen-bond donors (Lipinski definition) is 0. The first-order valence-electron chi connectivity index (χ1n) is 6.89. The van der Waals surface area contributed by atoms with Gasteiger partial charge in [-0.2, -0.15) is 0 Å². The topological polar surface area (TPSA) is 52.1 Å². The Morgan fingerprint density at radius 1 is 1.30 bits per heavy atom. The molecular formula is C16H16N2O2. The molecule has 0 N–H and O–H groups in total. The molecule has 0 amide bonds. The van der Waals surface area contributed by atoms with Crippen molar-refractivity contribution in [2.24, 2.45) is 0 Å². The van der Waals surface area contributed by atoms with Gasteiger partial charge in [0.2, 0.25) is 0 Å². The van der Waals surface area contributed by atoms with E-state index < -0.39 is 0 Å². The van der Waals surface area contributed by atoms with Gasteiger partial charge in [-0.05, 0) is 25.3 Å². The predicted octanol–water partition coefficient (Wildman–Crippen LogP) is 3.20. The van der Waals surface area contributed by atoms with Crippen LogP contribution in [0.5, 0.6) is 0 Å². The third-order valence-corrected chi connectivity index (χ3v) is 3.30. The average Bonchev–Trinajstić information content (AvgIpc) is 3.32. The summed E-state index contributed by atoms with van der Waals surface area (Å²) in [6.45, 7) is 2.14. The predicted molar refractivity (Wildman–Crippen MR) is 75.4 cm³/mol. The van der Waals surface area contributed by atoms with E-state index in [-0.39, 0.29) is 5.97 Å². The van der Waals surface area contributed by atoms with Crippen molar-refractivity contribution >= 4 is 5.97 Å². The van der Waals surface area contributed by atoms with Crippen LogP contribution in [0.25, 0.3) is 11.1 Å². The van der Waals surface area contributed by atoms with Gasteiger partial charge >= 0.3 is 5.97 Å². The van der Waals surface area contributed by atoms with Crippen molar-refractivity contribution in [2.75, 3.05) is 6.61 Å². The van der Waals surface area contributed by atoms with Crippen molar-refractivity contribution in [2.45, 2.75) is 25.7 Å². The fourth-order valence-electron chi connectivity index (χ4n) is 2.12. The Labute approximate surface area is 117 Å². The molecule has 1 heterocycles. The zero-order valence-electron chi connectivity index (χ0n) is 11.4. The monoisotopic (exact) mass is 268 g/mol. The number of aromatic nitrogens is 2. The smallest absolute Gasteiger partial charge is 0.357 e. The Morgan fingerprint density at radius 2 is 2.05 bits per heavy atom.